The van der Waals surface area contributed by atoms with E-state index in [2.05, 4.69) is 17.2 Å². The lowest BCUT2D eigenvalue weighted by Gasteiger charge is -2.33. The molecular weight excluding hydrogens is 385 g/mol. The summed E-state index contributed by atoms with van der Waals surface area (Å²) in [5, 5.41) is 3.29. The zero-order valence-corrected chi connectivity index (χ0v) is 16.8. The van der Waals surface area contributed by atoms with Gasteiger partial charge in [0.25, 0.3) is 0 Å². The maximum Gasteiger partial charge on any atom is 0.246 e. The standard InChI is InChI=1S/C20H23N3O2.2ClH/c1-16-13-22-11-12-23(16)20(24)9-6-17-4-7-19(8-5-17)25-15-18-3-2-10-21-14-18;;/h2-10,14,16,22H,11-13,15H2,1H3;2*1H/b9-6+;;. The van der Waals surface area contributed by atoms with Crippen LogP contribution in [0.4, 0.5) is 0 Å². The predicted octanol–water partition coefficient (Wildman–Crippen LogP) is 3.34. The van der Waals surface area contributed by atoms with E-state index in [9.17, 15) is 4.79 Å². The van der Waals surface area contributed by atoms with Crippen molar-refractivity contribution in [3.8, 4) is 5.75 Å². The Bertz CT molecular complexity index is 724. The number of carbonyl (C=O) groups is 1. The molecule has 1 fully saturated rings. The zero-order chi connectivity index (χ0) is 17.5. The molecule has 0 radical (unpaired) electrons. The van der Waals surface area contributed by atoms with Gasteiger partial charge >= 0.3 is 0 Å². The van der Waals surface area contributed by atoms with Crippen molar-refractivity contribution < 1.29 is 9.53 Å². The molecule has 1 aromatic carbocycles. The molecule has 1 unspecified atom stereocenters. The third-order valence-electron chi connectivity index (χ3n) is 4.21. The first-order valence-corrected chi connectivity index (χ1v) is 8.53. The second-order valence-electron chi connectivity index (χ2n) is 6.14. The maximum atomic E-state index is 12.3. The fraction of sp³-hybridized carbons (Fsp3) is 0.300. The predicted molar refractivity (Wildman–Crippen MR) is 113 cm³/mol. The second kappa shape index (κ2) is 11.6. The lowest BCUT2D eigenvalue weighted by Crippen LogP contribution is -2.51. The quantitative estimate of drug-likeness (QED) is 0.769. The van der Waals surface area contributed by atoms with E-state index in [1.165, 1.54) is 0 Å². The Kier molecular flexibility index (Phi) is 9.86. The summed E-state index contributed by atoms with van der Waals surface area (Å²) in [6, 6.07) is 11.8. The summed E-state index contributed by atoms with van der Waals surface area (Å²) in [5.41, 5.74) is 2.01. The van der Waals surface area contributed by atoms with Crippen LogP contribution in [-0.4, -0.2) is 41.5 Å². The molecule has 7 heteroatoms. The monoisotopic (exact) mass is 409 g/mol. The molecule has 27 heavy (non-hydrogen) atoms. The maximum absolute atomic E-state index is 12.3. The number of benzene rings is 1. The van der Waals surface area contributed by atoms with Crippen LogP contribution in [0.1, 0.15) is 18.1 Å². The molecule has 1 aliphatic rings. The first kappa shape index (κ1) is 23.0. The van der Waals surface area contributed by atoms with Crippen LogP contribution >= 0.6 is 24.8 Å². The molecule has 1 amide bonds. The number of nitrogens with zero attached hydrogens (tertiary/aromatic N) is 2. The van der Waals surface area contributed by atoms with E-state index >= 15 is 0 Å². The van der Waals surface area contributed by atoms with Gasteiger partial charge in [0.15, 0.2) is 0 Å². The molecule has 1 N–H and O–H groups in total. The Morgan fingerprint density at radius 2 is 2.07 bits per heavy atom. The molecule has 1 atom stereocenters. The van der Waals surface area contributed by atoms with E-state index in [0.717, 1.165) is 36.5 Å². The number of hydrogen-bond acceptors (Lipinski definition) is 4. The lowest BCUT2D eigenvalue weighted by atomic mass is 10.1. The van der Waals surface area contributed by atoms with Gasteiger partial charge < -0.3 is 15.0 Å². The Hall–Kier alpha value is -2.08. The summed E-state index contributed by atoms with van der Waals surface area (Å²) in [6.07, 6.45) is 7.03. The fourth-order valence-corrected chi connectivity index (χ4v) is 2.76. The Morgan fingerprint density at radius 1 is 1.30 bits per heavy atom. The third kappa shape index (κ3) is 6.86. The average Bonchev–Trinajstić information content (AvgIpc) is 2.66. The van der Waals surface area contributed by atoms with Gasteiger partial charge in [-0.1, -0.05) is 18.2 Å². The minimum absolute atomic E-state index is 0. The van der Waals surface area contributed by atoms with Gasteiger partial charge in [0.05, 0.1) is 0 Å². The number of aromatic nitrogens is 1. The molecular formula is C20H25Cl2N3O2. The number of hydrogen-bond donors (Lipinski definition) is 1. The summed E-state index contributed by atoms with van der Waals surface area (Å²) in [4.78, 5) is 18.3. The van der Waals surface area contributed by atoms with E-state index in [4.69, 9.17) is 4.74 Å². The van der Waals surface area contributed by atoms with Crippen molar-refractivity contribution in [2.45, 2.75) is 19.6 Å². The van der Waals surface area contributed by atoms with E-state index in [1.807, 2.05) is 47.4 Å². The number of ether oxygens (including phenoxy) is 1. The summed E-state index contributed by atoms with van der Waals surface area (Å²) in [6.45, 7) is 5.01. The molecule has 0 bridgehead atoms. The molecule has 1 aliphatic heterocycles. The second-order valence-corrected chi connectivity index (χ2v) is 6.14. The van der Waals surface area contributed by atoms with Crippen LogP contribution in [0.5, 0.6) is 5.75 Å². The molecule has 0 spiro atoms. The van der Waals surface area contributed by atoms with Crippen LogP contribution in [0.25, 0.3) is 6.08 Å². The first-order chi connectivity index (χ1) is 12.2. The highest BCUT2D eigenvalue weighted by Crippen LogP contribution is 2.15. The zero-order valence-electron chi connectivity index (χ0n) is 15.2. The Morgan fingerprint density at radius 3 is 2.74 bits per heavy atom. The van der Waals surface area contributed by atoms with Crippen LogP contribution in [0.3, 0.4) is 0 Å². The Balaban J connectivity index is 0.00000182. The first-order valence-electron chi connectivity index (χ1n) is 8.53. The fourth-order valence-electron chi connectivity index (χ4n) is 2.76. The van der Waals surface area contributed by atoms with Gasteiger partial charge in [0, 0.05) is 49.7 Å². The number of nitrogens with one attached hydrogen (secondary N) is 1. The smallest absolute Gasteiger partial charge is 0.246 e. The highest BCUT2D eigenvalue weighted by Gasteiger charge is 2.20. The van der Waals surface area contributed by atoms with Crippen molar-refractivity contribution in [2.24, 2.45) is 0 Å². The van der Waals surface area contributed by atoms with Gasteiger partial charge in [-0.2, -0.15) is 0 Å². The van der Waals surface area contributed by atoms with Crippen LogP contribution < -0.4 is 10.1 Å². The van der Waals surface area contributed by atoms with Gasteiger partial charge in [-0.25, -0.2) is 0 Å². The highest BCUT2D eigenvalue weighted by molar-refractivity contribution is 5.92. The average molecular weight is 410 g/mol. The minimum Gasteiger partial charge on any atom is -0.489 e. The van der Waals surface area contributed by atoms with Crippen molar-refractivity contribution in [2.75, 3.05) is 19.6 Å². The Labute approximate surface area is 172 Å². The molecule has 146 valence electrons. The molecule has 5 nitrogen and oxygen atoms in total. The van der Waals surface area contributed by atoms with Gasteiger partial charge in [-0.05, 0) is 36.8 Å². The van der Waals surface area contributed by atoms with Crippen LogP contribution in [0.2, 0.25) is 0 Å². The molecule has 0 saturated carbocycles. The molecule has 2 aromatic rings. The molecule has 0 aliphatic carbocycles. The van der Waals surface area contributed by atoms with Crippen molar-refractivity contribution in [3.63, 3.8) is 0 Å². The lowest BCUT2D eigenvalue weighted by molar-refractivity contribution is -0.128. The van der Waals surface area contributed by atoms with E-state index in [-0.39, 0.29) is 36.8 Å². The summed E-state index contributed by atoms with van der Waals surface area (Å²) < 4.78 is 5.74. The van der Waals surface area contributed by atoms with Crippen molar-refractivity contribution in [3.05, 3.63) is 66.0 Å². The molecule has 2 heterocycles. The number of carbonyl (C=O) groups excluding carboxylic acids is 1. The number of rotatable bonds is 5. The van der Waals surface area contributed by atoms with Gasteiger partial charge in [0.1, 0.15) is 12.4 Å². The largest absolute Gasteiger partial charge is 0.489 e. The van der Waals surface area contributed by atoms with Gasteiger partial charge in [-0.3, -0.25) is 9.78 Å². The number of pyridine rings is 1. The molecule has 1 aromatic heterocycles. The van der Waals surface area contributed by atoms with Crippen LogP contribution in [0.15, 0.2) is 54.9 Å². The topological polar surface area (TPSA) is 54.5 Å². The van der Waals surface area contributed by atoms with Gasteiger partial charge in [0.2, 0.25) is 5.91 Å². The van der Waals surface area contributed by atoms with Crippen LogP contribution in [0, 0.1) is 0 Å². The molecule has 3 rings (SSSR count). The third-order valence-corrected chi connectivity index (χ3v) is 4.21. The summed E-state index contributed by atoms with van der Waals surface area (Å²) >= 11 is 0. The van der Waals surface area contributed by atoms with Gasteiger partial charge in [-0.15, -0.1) is 24.8 Å². The van der Waals surface area contributed by atoms with Crippen molar-refractivity contribution in [1.29, 1.82) is 0 Å². The normalized spacial score (nSPS) is 16.3. The van der Waals surface area contributed by atoms with Crippen molar-refractivity contribution >= 4 is 36.8 Å². The van der Waals surface area contributed by atoms with E-state index in [1.54, 1.807) is 18.5 Å². The minimum atomic E-state index is 0. The van der Waals surface area contributed by atoms with E-state index in [0.29, 0.717) is 6.61 Å². The number of halogens is 2. The van der Waals surface area contributed by atoms with Crippen molar-refractivity contribution in [1.82, 2.24) is 15.2 Å². The number of amides is 1. The summed E-state index contributed by atoms with van der Waals surface area (Å²) in [7, 11) is 0. The number of piperazine rings is 1. The molecule has 1 saturated heterocycles. The van der Waals surface area contributed by atoms with E-state index < -0.39 is 0 Å². The highest BCUT2D eigenvalue weighted by atomic mass is 35.5. The SMILES string of the molecule is CC1CNCCN1C(=O)/C=C/c1ccc(OCc2cccnc2)cc1.Cl.Cl. The summed E-state index contributed by atoms with van der Waals surface area (Å²) in [5.74, 6) is 0.856. The van der Waals surface area contributed by atoms with Crippen LogP contribution in [-0.2, 0) is 11.4 Å².